The molecule has 0 saturated carbocycles. The Labute approximate surface area is 238 Å². The van der Waals surface area contributed by atoms with Crippen molar-refractivity contribution in [1.82, 2.24) is 10.6 Å². The van der Waals surface area contributed by atoms with Gasteiger partial charge in [0, 0.05) is 37.0 Å². The van der Waals surface area contributed by atoms with Gasteiger partial charge >= 0.3 is 0 Å². The highest BCUT2D eigenvalue weighted by Crippen LogP contribution is 2.28. The van der Waals surface area contributed by atoms with E-state index < -0.39 is 0 Å². The van der Waals surface area contributed by atoms with Crippen LogP contribution in [0.15, 0.2) is 103 Å². The predicted molar refractivity (Wildman–Crippen MR) is 162 cm³/mol. The molecule has 0 bridgehead atoms. The van der Waals surface area contributed by atoms with E-state index in [1.54, 1.807) is 7.11 Å². The molecule has 5 nitrogen and oxygen atoms in total. The molecule has 4 aromatic carbocycles. The molecule has 1 fully saturated rings. The normalized spacial score (nSPS) is 16.9. The summed E-state index contributed by atoms with van der Waals surface area (Å²) < 4.78 is 17.2. The zero-order valence-electron chi connectivity index (χ0n) is 23.4. The summed E-state index contributed by atoms with van der Waals surface area (Å²) >= 11 is 0. The summed E-state index contributed by atoms with van der Waals surface area (Å²) in [6, 6.07) is 36.4. The molecule has 208 valence electrons. The van der Waals surface area contributed by atoms with E-state index in [4.69, 9.17) is 14.2 Å². The van der Waals surface area contributed by atoms with Crippen molar-refractivity contribution in [3.63, 3.8) is 0 Å². The fraction of sp³-hybridized carbons (Fsp3) is 0.314. The maximum absolute atomic E-state index is 5.99. The molecule has 1 aliphatic rings. The number of para-hydroxylation sites is 1. The first-order valence-electron chi connectivity index (χ1n) is 14.3. The Morgan fingerprint density at radius 2 is 1.55 bits per heavy atom. The van der Waals surface area contributed by atoms with Gasteiger partial charge in [-0.25, -0.2) is 0 Å². The van der Waals surface area contributed by atoms with Crippen LogP contribution in [0.3, 0.4) is 0 Å². The molecule has 2 atom stereocenters. The standard InChI is InChI=1S/C35H40N2O3/c1-38-35-11-6-5-10-31(35)26-39-22-7-23-40-32-18-16-30(17-19-32)33-20-21-36-25-34(33)37-24-27-12-14-29(15-13-27)28-8-3-2-4-9-28/h2-6,8-19,33-34,36-37H,7,20-26H2,1H3/t33-,34-/m1/s1. The molecule has 0 radical (unpaired) electrons. The van der Waals surface area contributed by atoms with Gasteiger partial charge in [0.25, 0.3) is 0 Å². The summed E-state index contributed by atoms with van der Waals surface area (Å²) in [7, 11) is 1.69. The van der Waals surface area contributed by atoms with Gasteiger partial charge in [-0.1, -0.05) is 84.9 Å². The summed E-state index contributed by atoms with van der Waals surface area (Å²) in [5, 5.41) is 7.39. The van der Waals surface area contributed by atoms with Gasteiger partial charge in [0.1, 0.15) is 11.5 Å². The fourth-order valence-corrected chi connectivity index (χ4v) is 5.33. The summed E-state index contributed by atoms with van der Waals surface area (Å²) in [5.74, 6) is 2.25. The molecule has 1 heterocycles. The molecule has 0 aliphatic carbocycles. The van der Waals surface area contributed by atoms with Crippen LogP contribution in [0.2, 0.25) is 0 Å². The van der Waals surface area contributed by atoms with Crippen LogP contribution in [0.25, 0.3) is 11.1 Å². The average Bonchev–Trinajstić information content (AvgIpc) is 3.03. The van der Waals surface area contributed by atoms with E-state index >= 15 is 0 Å². The quantitative estimate of drug-likeness (QED) is 0.189. The Hall–Kier alpha value is -3.64. The fourth-order valence-electron chi connectivity index (χ4n) is 5.33. The lowest BCUT2D eigenvalue weighted by Gasteiger charge is -2.33. The highest BCUT2D eigenvalue weighted by molar-refractivity contribution is 5.63. The van der Waals surface area contributed by atoms with Gasteiger partial charge in [-0.15, -0.1) is 0 Å². The Bertz CT molecular complexity index is 1290. The number of nitrogens with one attached hydrogen (secondary N) is 2. The zero-order valence-corrected chi connectivity index (χ0v) is 23.4. The zero-order chi connectivity index (χ0) is 27.4. The highest BCUT2D eigenvalue weighted by atomic mass is 16.5. The molecular weight excluding hydrogens is 496 g/mol. The van der Waals surface area contributed by atoms with Crippen LogP contribution in [0.4, 0.5) is 0 Å². The second-order valence-electron chi connectivity index (χ2n) is 10.3. The van der Waals surface area contributed by atoms with E-state index in [1.165, 1.54) is 22.3 Å². The minimum atomic E-state index is 0.384. The van der Waals surface area contributed by atoms with Gasteiger partial charge < -0.3 is 24.8 Å². The molecule has 0 amide bonds. The van der Waals surface area contributed by atoms with Crippen molar-refractivity contribution >= 4 is 0 Å². The second kappa shape index (κ2) is 14.7. The number of ether oxygens (including phenoxy) is 3. The maximum Gasteiger partial charge on any atom is 0.124 e. The monoisotopic (exact) mass is 536 g/mol. The number of hydrogen-bond donors (Lipinski definition) is 2. The lowest BCUT2D eigenvalue weighted by Crippen LogP contribution is -2.47. The summed E-state index contributed by atoms with van der Waals surface area (Å²) in [6.07, 6.45) is 1.96. The third-order valence-electron chi connectivity index (χ3n) is 7.57. The van der Waals surface area contributed by atoms with E-state index in [2.05, 4.69) is 89.5 Å². The van der Waals surface area contributed by atoms with Gasteiger partial charge in [-0.05, 0) is 53.4 Å². The first kappa shape index (κ1) is 27.9. The molecule has 1 saturated heterocycles. The first-order valence-corrected chi connectivity index (χ1v) is 14.3. The first-order chi connectivity index (χ1) is 19.8. The van der Waals surface area contributed by atoms with Crippen molar-refractivity contribution in [1.29, 1.82) is 0 Å². The number of piperidine rings is 1. The van der Waals surface area contributed by atoms with E-state index in [9.17, 15) is 0 Å². The summed E-state index contributed by atoms with van der Waals surface area (Å²) in [5.41, 5.74) is 6.24. The van der Waals surface area contributed by atoms with Crippen molar-refractivity contribution in [3.8, 4) is 22.6 Å². The number of rotatable bonds is 13. The summed E-state index contributed by atoms with van der Waals surface area (Å²) in [4.78, 5) is 0. The number of hydrogen-bond acceptors (Lipinski definition) is 5. The van der Waals surface area contributed by atoms with Crippen LogP contribution in [-0.2, 0) is 17.9 Å². The third-order valence-corrected chi connectivity index (χ3v) is 7.57. The Morgan fingerprint density at radius 3 is 2.35 bits per heavy atom. The molecule has 4 aromatic rings. The molecule has 0 aromatic heterocycles. The van der Waals surface area contributed by atoms with Crippen LogP contribution < -0.4 is 20.1 Å². The largest absolute Gasteiger partial charge is 0.496 e. The average molecular weight is 537 g/mol. The van der Waals surface area contributed by atoms with Crippen LogP contribution >= 0.6 is 0 Å². The van der Waals surface area contributed by atoms with E-state index in [0.29, 0.717) is 31.8 Å². The minimum Gasteiger partial charge on any atom is -0.496 e. The SMILES string of the molecule is COc1ccccc1COCCCOc1ccc([C@H]2CCNC[C@H]2NCc2ccc(-c3ccccc3)cc2)cc1. The smallest absolute Gasteiger partial charge is 0.124 e. The molecule has 5 rings (SSSR count). The third kappa shape index (κ3) is 7.72. The van der Waals surface area contributed by atoms with Gasteiger partial charge in [0.15, 0.2) is 0 Å². The van der Waals surface area contributed by atoms with E-state index in [-0.39, 0.29) is 0 Å². The molecule has 0 spiro atoms. The Balaban J connectivity index is 1.06. The molecule has 40 heavy (non-hydrogen) atoms. The van der Waals surface area contributed by atoms with Crippen molar-refractivity contribution in [3.05, 3.63) is 120 Å². The summed E-state index contributed by atoms with van der Waals surface area (Å²) in [6.45, 7) is 4.70. The van der Waals surface area contributed by atoms with Crippen LogP contribution in [-0.4, -0.2) is 39.5 Å². The van der Waals surface area contributed by atoms with Gasteiger partial charge in [0.2, 0.25) is 0 Å². The topological polar surface area (TPSA) is 51.8 Å². The van der Waals surface area contributed by atoms with Crippen LogP contribution in [0.5, 0.6) is 11.5 Å². The lowest BCUT2D eigenvalue weighted by molar-refractivity contribution is 0.105. The van der Waals surface area contributed by atoms with Crippen molar-refractivity contribution in [2.75, 3.05) is 33.4 Å². The molecular formula is C35H40N2O3. The van der Waals surface area contributed by atoms with E-state index in [0.717, 1.165) is 49.5 Å². The van der Waals surface area contributed by atoms with Crippen LogP contribution in [0, 0.1) is 0 Å². The molecule has 1 aliphatic heterocycles. The van der Waals surface area contributed by atoms with Crippen molar-refractivity contribution in [2.45, 2.75) is 38.0 Å². The molecule has 5 heteroatoms. The second-order valence-corrected chi connectivity index (χ2v) is 10.3. The number of benzene rings is 4. The predicted octanol–water partition coefficient (Wildman–Crippen LogP) is 6.58. The van der Waals surface area contributed by atoms with Gasteiger partial charge in [0.05, 0.1) is 26.9 Å². The van der Waals surface area contributed by atoms with Gasteiger partial charge in [-0.2, -0.15) is 0 Å². The minimum absolute atomic E-state index is 0.384. The number of methoxy groups -OCH3 is 1. The van der Waals surface area contributed by atoms with Crippen molar-refractivity contribution < 1.29 is 14.2 Å². The van der Waals surface area contributed by atoms with Crippen LogP contribution in [0.1, 0.15) is 35.4 Å². The Morgan fingerprint density at radius 1 is 0.800 bits per heavy atom. The van der Waals surface area contributed by atoms with Crippen molar-refractivity contribution in [2.24, 2.45) is 0 Å². The molecule has 0 unspecified atom stereocenters. The van der Waals surface area contributed by atoms with E-state index in [1.807, 2.05) is 24.3 Å². The lowest BCUT2D eigenvalue weighted by atomic mass is 9.86. The highest BCUT2D eigenvalue weighted by Gasteiger charge is 2.26. The molecule has 2 N–H and O–H groups in total. The maximum atomic E-state index is 5.99. The van der Waals surface area contributed by atoms with Gasteiger partial charge in [-0.3, -0.25) is 0 Å². The Kier molecular flexibility index (Phi) is 10.2.